The van der Waals surface area contributed by atoms with E-state index >= 15 is 0 Å². The van der Waals surface area contributed by atoms with Crippen LogP contribution in [0, 0.1) is 11.3 Å². The fraction of sp³-hybridized carbons (Fsp3) is 0.0476. The molecule has 0 radical (unpaired) electrons. The number of nitrogens with zero attached hydrogens (tertiary/aromatic N) is 1. The van der Waals surface area contributed by atoms with Gasteiger partial charge >= 0.3 is 0 Å². The molecule has 0 aromatic heterocycles. The van der Waals surface area contributed by atoms with Crippen LogP contribution in [0.4, 0.5) is 5.69 Å². The van der Waals surface area contributed by atoms with Gasteiger partial charge in [0.15, 0.2) is 6.61 Å². The summed E-state index contributed by atoms with van der Waals surface area (Å²) in [4.78, 5) is 12.0. The first-order valence-corrected chi connectivity index (χ1v) is 8.31. The third-order valence-electron chi connectivity index (χ3n) is 3.72. The molecule has 3 aromatic rings. The molecule has 128 valence electrons. The summed E-state index contributed by atoms with van der Waals surface area (Å²) in [5.74, 6) is 0.311. The number of nitrogens with one attached hydrogen (secondary N) is 1. The van der Waals surface area contributed by atoms with Gasteiger partial charge in [-0.25, -0.2) is 0 Å². The fourth-order valence-corrected chi connectivity index (χ4v) is 2.56. The SMILES string of the molecule is N#Cc1ccc(-c2ccc(OCC(=O)Nc3ccccc3Cl)cc2)cc1. The van der Waals surface area contributed by atoms with Crippen molar-refractivity contribution in [1.29, 1.82) is 5.26 Å². The number of benzene rings is 3. The number of carbonyl (C=O) groups is 1. The van der Waals surface area contributed by atoms with Gasteiger partial charge in [0.25, 0.3) is 5.91 Å². The summed E-state index contributed by atoms with van der Waals surface area (Å²) in [6.45, 7) is -0.110. The molecule has 0 spiro atoms. The van der Waals surface area contributed by atoms with Crippen LogP contribution in [0.25, 0.3) is 11.1 Å². The van der Waals surface area contributed by atoms with Gasteiger partial charge in [-0.05, 0) is 47.5 Å². The maximum absolute atomic E-state index is 12.0. The Kier molecular flexibility index (Phi) is 5.52. The van der Waals surface area contributed by atoms with Crippen molar-refractivity contribution >= 4 is 23.2 Å². The van der Waals surface area contributed by atoms with Crippen molar-refractivity contribution < 1.29 is 9.53 Å². The molecule has 0 heterocycles. The second-order valence-corrected chi connectivity index (χ2v) is 5.94. The number of halogens is 1. The molecule has 0 aliphatic carbocycles. The number of hydrogen-bond donors (Lipinski definition) is 1. The van der Waals surface area contributed by atoms with E-state index in [2.05, 4.69) is 11.4 Å². The molecule has 5 heteroatoms. The highest BCUT2D eigenvalue weighted by atomic mass is 35.5. The molecule has 1 amide bonds. The van der Waals surface area contributed by atoms with Crippen LogP contribution in [0.15, 0.2) is 72.8 Å². The molecule has 4 nitrogen and oxygen atoms in total. The Morgan fingerprint density at radius 3 is 2.19 bits per heavy atom. The zero-order valence-corrected chi connectivity index (χ0v) is 14.5. The number of amides is 1. The highest BCUT2D eigenvalue weighted by Crippen LogP contribution is 2.23. The lowest BCUT2D eigenvalue weighted by Gasteiger charge is -2.09. The average molecular weight is 363 g/mol. The third-order valence-corrected chi connectivity index (χ3v) is 4.05. The first-order valence-electron chi connectivity index (χ1n) is 7.93. The molecule has 26 heavy (non-hydrogen) atoms. The van der Waals surface area contributed by atoms with Gasteiger partial charge in [0.1, 0.15) is 5.75 Å². The van der Waals surface area contributed by atoms with Gasteiger partial charge in [0.05, 0.1) is 22.3 Å². The van der Waals surface area contributed by atoms with Crippen molar-refractivity contribution in [1.82, 2.24) is 0 Å². The first kappa shape index (κ1) is 17.5. The highest BCUT2D eigenvalue weighted by Gasteiger charge is 2.06. The number of anilines is 1. The molecule has 0 aliphatic heterocycles. The lowest BCUT2D eigenvalue weighted by Crippen LogP contribution is -2.20. The summed E-state index contributed by atoms with van der Waals surface area (Å²) < 4.78 is 5.51. The summed E-state index contributed by atoms with van der Waals surface area (Å²) in [5.41, 5.74) is 3.19. The van der Waals surface area contributed by atoms with E-state index in [1.54, 1.807) is 48.5 Å². The van der Waals surface area contributed by atoms with E-state index < -0.39 is 0 Å². The second kappa shape index (κ2) is 8.19. The Hall–Kier alpha value is -3.29. The molecule has 3 rings (SSSR count). The zero-order valence-electron chi connectivity index (χ0n) is 13.8. The minimum absolute atomic E-state index is 0.110. The molecule has 3 aromatic carbocycles. The second-order valence-electron chi connectivity index (χ2n) is 5.53. The third kappa shape index (κ3) is 4.41. The molecule has 0 saturated heterocycles. The molecule has 0 fully saturated rings. The highest BCUT2D eigenvalue weighted by molar-refractivity contribution is 6.33. The Bertz CT molecular complexity index is 945. The molecular weight excluding hydrogens is 348 g/mol. The van der Waals surface area contributed by atoms with Gasteiger partial charge in [0, 0.05) is 0 Å². The van der Waals surface area contributed by atoms with Crippen LogP contribution in [0.5, 0.6) is 5.75 Å². The minimum atomic E-state index is -0.283. The van der Waals surface area contributed by atoms with E-state index in [-0.39, 0.29) is 12.5 Å². The van der Waals surface area contributed by atoms with E-state index in [1.165, 1.54) is 0 Å². The van der Waals surface area contributed by atoms with Gasteiger partial charge in [-0.3, -0.25) is 4.79 Å². The van der Waals surface area contributed by atoms with Crippen molar-refractivity contribution in [3.8, 4) is 22.9 Å². The summed E-state index contributed by atoms with van der Waals surface area (Å²) >= 11 is 6.01. The number of nitriles is 1. The van der Waals surface area contributed by atoms with Gasteiger partial charge in [-0.2, -0.15) is 5.26 Å². The lowest BCUT2D eigenvalue weighted by molar-refractivity contribution is -0.118. The quantitative estimate of drug-likeness (QED) is 0.702. The standard InChI is InChI=1S/C21H15ClN2O2/c22-19-3-1-2-4-20(19)24-21(25)14-26-18-11-9-17(10-12-18)16-7-5-15(13-23)6-8-16/h1-12H,14H2,(H,24,25). The predicted octanol–water partition coefficient (Wildman–Crippen LogP) is 4.90. The topological polar surface area (TPSA) is 62.1 Å². The van der Waals surface area contributed by atoms with E-state index in [0.29, 0.717) is 22.0 Å². The van der Waals surface area contributed by atoms with Crippen LogP contribution in [-0.2, 0) is 4.79 Å². The Labute approximate surface area is 156 Å². The molecule has 0 atom stereocenters. The van der Waals surface area contributed by atoms with Crippen molar-refractivity contribution in [2.24, 2.45) is 0 Å². The normalized spacial score (nSPS) is 10.0. The van der Waals surface area contributed by atoms with Gasteiger partial charge in [-0.15, -0.1) is 0 Å². The maximum Gasteiger partial charge on any atom is 0.262 e. The summed E-state index contributed by atoms with van der Waals surface area (Å²) in [7, 11) is 0. The van der Waals surface area contributed by atoms with E-state index in [1.807, 2.05) is 24.3 Å². The summed E-state index contributed by atoms with van der Waals surface area (Å²) in [6.07, 6.45) is 0. The van der Waals surface area contributed by atoms with E-state index in [9.17, 15) is 4.79 Å². The van der Waals surface area contributed by atoms with Crippen molar-refractivity contribution in [2.75, 3.05) is 11.9 Å². The number of rotatable bonds is 5. The van der Waals surface area contributed by atoms with E-state index in [0.717, 1.165) is 11.1 Å². The van der Waals surface area contributed by atoms with Crippen LogP contribution in [0.2, 0.25) is 5.02 Å². The predicted molar refractivity (Wildman–Crippen MR) is 102 cm³/mol. The number of carbonyl (C=O) groups excluding carboxylic acids is 1. The number of ether oxygens (including phenoxy) is 1. The molecule has 0 bridgehead atoms. The van der Waals surface area contributed by atoms with Gasteiger partial charge in [0.2, 0.25) is 0 Å². The first-order chi connectivity index (χ1) is 12.7. The maximum atomic E-state index is 12.0. The van der Waals surface area contributed by atoms with Crippen LogP contribution in [0.1, 0.15) is 5.56 Å². The fourth-order valence-electron chi connectivity index (χ4n) is 2.38. The Morgan fingerprint density at radius 2 is 1.58 bits per heavy atom. The lowest BCUT2D eigenvalue weighted by atomic mass is 10.0. The minimum Gasteiger partial charge on any atom is -0.484 e. The van der Waals surface area contributed by atoms with E-state index in [4.69, 9.17) is 21.6 Å². The van der Waals surface area contributed by atoms with Gasteiger partial charge in [-0.1, -0.05) is 48.0 Å². The van der Waals surface area contributed by atoms with Crippen molar-refractivity contribution in [3.63, 3.8) is 0 Å². The monoisotopic (exact) mass is 362 g/mol. The van der Waals surface area contributed by atoms with Crippen LogP contribution < -0.4 is 10.1 Å². The molecule has 0 unspecified atom stereocenters. The summed E-state index contributed by atoms with van der Waals surface area (Å²) in [6, 6.07) is 23.9. The number of para-hydroxylation sites is 1. The summed E-state index contributed by atoms with van der Waals surface area (Å²) in [5, 5.41) is 12.0. The number of hydrogen-bond acceptors (Lipinski definition) is 3. The van der Waals surface area contributed by atoms with Crippen molar-refractivity contribution in [2.45, 2.75) is 0 Å². The Morgan fingerprint density at radius 1 is 0.962 bits per heavy atom. The molecule has 0 aliphatic rings. The molecule has 0 saturated carbocycles. The van der Waals surface area contributed by atoms with Gasteiger partial charge < -0.3 is 10.1 Å². The molecule has 1 N–H and O–H groups in total. The van der Waals surface area contributed by atoms with Crippen LogP contribution >= 0.6 is 11.6 Å². The van der Waals surface area contributed by atoms with Crippen molar-refractivity contribution in [3.05, 3.63) is 83.4 Å². The largest absolute Gasteiger partial charge is 0.484 e. The average Bonchev–Trinajstić information content (AvgIpc) is 2.69. The Balaban J connectivity index is 1.58. The smallest absolute Gasteiger partial charge is 0.262 e. The van der Waals surface area contributed by atoms with Crippen LogP contribution in [0.3, 0.4) is 0 Å². The zero-order chi connectivity index (χ0) is 18.4. The molecular formula is C21H15ClN2O2. The van der Waals surface area contributed by atoms with Crippen LogP contribution in [-0.4, -0.2) is 12.5 Å².